The SMILES string of the molecule is CC/C=C\C(C(=O)NCc1cccc(Sc2ccccc2)c1)=C(/C)N. The minimum atomic E-state index is -0.147. The van der Waals surface area contributed by atoms with Gasteiger partial charge in [-0.25, -0.2) is 0 Å². The normalized spacial score (nSPS) is 12.1. The Morgan fingerprint density at radius 2 is 1.84 bits per heavy atom. The lowest BCUT2D eigenvalue weighted by Gasteiger charge is -2.09. The van der Waals surface area contributed by atoms with Crippen LogP contribution in [0, 0.1) is 0 Å². The Morgan fingerprint density at radius 3 is 2.52 bits per heavy atom. The van der Waals surface area contributed by atoms with E-state index >= 15 is 0 Å². The molecule has 0 heterocycles. The first-order valence-corrected chi connectivity index (χ1v) is 9.14. The van der Waals surface area contributed by atoms with Gasteiger partial charge < -0.3 is 11.1 Å². The van der Waals surface area contributed by atoms with Crippen LogP contribution in [0.4, 0.5) is 0 Å². The van der Waals surface area contributed by atoms with E-state index in [1.165, 1.54) is 4.90 Å². The van der Waals surface area contributed by atoms with Gasteiger partial charge in [0.05, 0.1) is 5.57 Å². The molecule has 0 aliphatic rings. The molecule has 4 heteroatoms. The van der Waals surface area contributed by atoms with Gasteiger partial charge in [0.1, 0.15) is 0 Å². The third-order valence-corrected chi connectivity index (χ3v) is 4.52. The van der Waals surface area contributed by atoms with E-state index in [4.69, 9.17) is 5.73 Å². The zero-order valence-electron chi connectivity index (χ0n) is 14.7. The molecule has 0 fully saturated rings. The van der Waals surface area contributed by atoms with Crippen LogP contribution in [-0.4, -0.2) is 5.91 Å². The van der Waals surface area contributed by atoms with Gasteiger partial charge >= 0.3 is 0 Å². The molecule has 25 heavy (non-hydrogen) atoms. The zero-order chi connectivity index (χ0) is 18.1. The second-order valence-electron chi connectivity index (χ2n) is 5.65. The molecule has 130 valence electrons. The summed E-state index contributed by atoms with van der Waals surface area (Å²) in [7, 11) is 0. The van der Waals surface area contributed by atoms with Gasteiger partial charge in [-0.05, 0) is 43.2 Å². The molecule has 0 radical (unpaired) electrons. The lowest BCUT2D eigenvalue weighted by atomic mass is 10.1. The zero-order valence-corrected chi connectivity index (χ0v) is 15.5. The summed E-state index contributed by atoms with van der Waals surface area (Å²) in [6.45, 7) is 4.23. The Bertz CT molecular complexity index is 762. The smallest absolute Gasteiger partial charge is 0.253 e. The second kappa shape index (κ2) is 9.74. The first-order chi connectivity index (χ1) is 12.1. The molecule has 0 atom stereocenters. The van der Waals surface area contributed by atoms with Crippen LogP contribution in [0.5, 0.6) is 0 Å². The largest absolute Gasteiger partial charge is 0.402 e. The van der Waals surface area contributed by atoms with E-state index in [0.29, 0.717) is 17.8 Å². The van der Waals surface area contributed by atoms with Gasteiger partial charge in [-0.1, -0.05) is 61.2 Å². The summed E-state index contributed by atoms with van der Waals surface area (Å²) in [4.78, 5) is 14.7. The third-order valence-electron chi connectivity index (χ3n) is 3.52. The van der Waals surface area contributed by atoms with Crippen LogP contribution in [0.3, 0.4) is 0 Å². The topological polar surface area (TPSA) is 55.1 Å². The average Bonchev–Trinajstić information content (AvgIpc) is 2.61. The number of hydrogen-bond acceptors (Lipinski definition) is 3. The highest BCUT2D eigenvalue weighted by atomic mass is 32.2. The van der Waals surface area contributed by atoms with Gasteiger partial charge in [-0.15, -0.1) is 0 Å². The highest BCUT2D eigenvalue weighted by molar-refractivity contribution is 7.99. The number of carbonyl (C=O) groups excluding carboxylic acids is 1. The molecule has 3 nitrogen and oxygen atoms in total. The molecule has 2 aromatic carbocycles. The number of benzene rings is 2. The molecule has 1 amide bonds. The first-order valence-electron chi connectivity index (χ1n) is 8.33. The highest BCUT2D eigenvalue weighted by Gasteiger charge is 2.08. The maximum absolute atomic E-state index is 12.3. The van der Waals surface area contributed by atoms with Crippen LogP contribution >= 0.6 is 11.8 Å². The predicted octanol–water partition coefficient (Wildman–Crippen LogP) is 4.65. The fraction of sp³-hybridized carbons (Fsp3) is 0.190. The van der Waals surface area contributed by atoms with E-state index < -0.39 is 0 Å². The summed E-state index contributed by atoms with van der Waals surface area (Å²) in [5, 5.41) is 2.94. The molecule has 0 unspecified atom stereocenters. The molecule has 0 aliphatic heterocycles. The fourth-order valence-electron chi connectivity index (χ4n) is 2.24. The molecule has 0 spiro atoms. The van der Waals surface area contributed by atoms with Gasteiger partial charge in [-0.2, -0.15) is 0 Å². The van der Waals surface area contributed by atoms with Crippen LogP contribution in [0.1, 0.15) is 25.8 Å². The van der Waals surface area contributed by atoms with Crippen molar-refractivity contribution in [2.75, 3.05) is 0 Å². The number of nitrogens with two attached hydrogens (primary N) is 1. The van der Waals surface area contributed by atoms with Crippen molar-refractivity contribution in [1.82, 2.24) is 5.32 Å². The number of allylic oxidation sites excluding steroid dienone is 2. The van der Waals surface area contributed by atoms with E-state index in [-0.39, 0.29) is 5.91 Å². The summed E-state index contributed by atoms with van der Waals surface area (Å²) < 4.78 is 0. The van der Waals surface area contributed by atoms with E-state index in [9.17, 15) is 4.79 Å². The van der Waals surface area contributed by atoms with Gasteiger partial charge in [0, 0.05) is 22.0 Å². The third kappa shape index (κ3) is 6.16. The number of rotatable bonds is 7. The Hall–Kier alpha value is -2.46. The molecular formula is C21H24N2OS. The molecule has 0 bridgehead atoms. The molecule has 2 aromatic rings. The van der Waals surface area contributed by atoms with Crippen molar-refractivity contribution in [2.24, 2.45) is 5.73 Å². The molecule has 0 saturated heterocycles. The second-order valence-corrected chi connectivity index (χ2v) is 6.80. The summed E-state index contributed by atoms with van der Waals surface area (Å²) in [6, 6.07) is 18.4. The summed E-state index contributed by atoms with van der Waals surface area (Å²) in [6.07, 6.45) is 4.58. The van der Waals surface area contributed by atoms with Crippen LogP contribution in [0.2, 0.25) is 0 Å². The lowest BCUT2D eigenvalue weighted by Crippen LogP contribution is -2.25. The van der Waals surface area contributed by atoms with Gasteiger partial charge in [0.2, 0.25) is 0 Å². The first kappa shape index (κ1) is 18.9. The van der Waals surface area contributed by atoms with Gasteiger partial charge in [0.15, 0.2) is 0 Å². The van der Waals surface area contributed by atoms with Crippen molar-refractivity contribution in [2.45, 2.75) is 36.6 Å². The summed E-state index contributed by atoms with van der Waals surface area (Å²) in [5.74, 6) is -0.147. The molecule has 2 rings (SSSR count). The van der Waals surface area contributed by atoms with Crippen LogP contribution in [0.25, 0.3) is 0 Å². The maximum atomic E-state index is 12.3. The van der Waals surface area contributed by atoms with Crippen molar-refractivity contribution in [3.8, 4) is 0 Å². The van der Waals surface area contributed by atoms with Gasteiger partial charge in [-0.3, -0.25) is 4.79 Å². The molecular weight excluding hydrogens is 328 g/mol. The Kier molecular flexibility index (Phi) is 7.36. The molecule has 0 aromatic heterocycles. The lowest BCUT2D eigenvalue weighted by molar-refractivity contribution is -0.117. The highest BCUT2D eigenvalue weighted by Crippen LogP contribution is 2.27. The van der Waals surface area contributed by atoms with E-state index in [0.717, 1.165) is 16.9 Å². The Labute approximate surface area is 154 Å². The van der Waals surface area contributed by atoms with Crippen molar-refractivity contribution >= 4 is 17.7 Å². The van der Waals surface area contributed by atoms with Crippen LogP contribution in [-0.2, 0) is 11.3 Å². The molecule has 0 aliphatic carbocycles. The monoisotopic (exact) mass is 352 g/mol. The molecule has 0 saturated carbocycles. The summed E-state index contributed by atoms with van der Waals surface area (Å²) in [5.41, 5.74) is 7.93. The minimum Gasteiger partial charge on any atom is -0.402 e. The number of amides is 1. The van der Waals surface area contributed by atoms with Crippen molar-refractivity contribution in [3.05, 3.63) is 83.6 Å². The quantitative estimate of drug-likeness (QED) is 0.563. The Morgan fingerprint density at radius 1 is 1.12 bits per heavy atom. The van der Waals surface area contributed by atoms with E-state index in [1.807, 2.05) is 43.3 Å². The van der Waals surface area contributed by atoms with Crippen molar-refractivity contribution < 1.29 is 4.79 Å². The standard InChI is InChI=1S/C21H24N2OS/c1-3-4-13-20(16(2)22)21(24)23-15-17-9-8-12-19(14-17)25-18-10-6-5-7-11-18/h4-14H,3,15,22H2,1-2H3,(H,23,24)/b13-4-,20-16-. The Balaban J connectivity index is 2.01. The minimum absolute atomic E-state index is 0.147. The van der Waals surface area contributed by atoms with Crippen LogP contribution in [0.15, 0.2) is 87.8 Å². The predicted molar refractivity (Wildman–Crippen MR) is 105 cm³/mol. The number of hydrogen-bond donors (Lipinski definition) is 2. The van der Waals surface area contributed by atoms with Crippen LogP contribution < -0.4 is 11.1 Å². The van der Waals surface area contributed by atoms with Crippen molar-refractivity contribution in [1.29, 1.82) is 0 Å². The number of nitrogens with one attached hydrogen (secondary N) is 1. The average molecular weight is 353 g/mol. The molecule has 3 N–H and O–H groups in total. The summed E-state index contributed by atoms with van der Waals surface area (Å²) >= 11 is 1.71. The number of carbonyl (C=O) groups is 1. The van der Waals surface area contributed by atoms with E-state index in [1.54, 1.807) is 24.8 Å². The van der Waals surface area contributed by atoms with Gasteiger partial charge in [0.25, 0.3) is 5.91 Å². The maximum Gasteiger partial charge on any atom is 0.253 e. The van der Waals surface area contributed by atoms with E-state index in [2.05, 4.69) is 29.6 Å². The van der Waals surface area contributed by atoms with Crippen molar-refractivity contribution in [3.63, 3.8) is 0 Å². The fourth-order valence-corrected chi connectivity index (χ4v) is 3.17.